The molecule has 0 aliphatic heterocycles. The minimum absolute atomic E-state index is 0.554. The molecule has 4 N–H and O–H groups in total. The third-order valence-electron chi connectivity index (χ3n) is 3.06. The zero-order valence-corrected chi connectivity index (χ0v) is 12.7. The molecule has 0 aliphatic rings. The Balaban J connectivity index is 2.11. The second kappa shape index (κ2) is 5.76. The van der Waals surface area contributed by atoms with Crippen LogP contribution in [-0.4, -0.2) is 18.7 Å². The van der Waals surface area contributed by atoms with Crippen LogP contribution in [0.15, 0.2) is 18.5 Å². The summed E-state index contributed by atoms with van der Waals surface area (Å²) in [5.74, 6) is 6.70. The van der Waals surface area contributed by atoms with Gasteiger partial charge in [-0.25, -0.2) is 15.8 Å². The molecule has 0 amide bonds. The molecule has 7 nitrogen and oxygen atoms in total. The fraction of sp³-hybridized carbons (Fsp3) is 0.167. The Morgan fingerprint density at radius 3 is 2.81 bits per heavy atom. The van der Waals surface area contributed by atoms with Gasteiger partial charge in [0, 0.05) is 5.56 Å². The highest BCUT2D eigenvalue weighted by atomic mass is 35.5. The maximum atomic E-state index is 6.27. The molecular weight excluding hydrogens is 310 g/mol. The van der Waals surface area contributed by atoms with Crippen LogP contribution in [0.3, 0.4) is 0 Å². The SMILES string of the molecule is CCc1c(NN)ncnc1Nc1c(Cl)ccc2nsnc12. The van der Waals surface area contributed by atoms with Crippen molar-refractivity contribution in [1.82, 2.24) is 18.7 Å². The number of rotatable bonds is 4. The van der Waals surface area contributed by atoms with Crippen molar-refractivity contribution in [2.45, 2.75) is 13.3 Å². The molecule has 1 aromatic carbocycles. The number of benzene rings is 1. The van der Waals surface area contributed by atoms with Crippen LogP contribution in [0.5, 0.6) is 0 Å². The molecule has 0 spiro atoms. The predicted octanol–water partition coefficient (Wildman–Crippen LogP) is 2.73. The highest BCUT2D eigenvalue weighted by Gasteiger charge is 2.14. The summed E-state index contributed by atoms with van der Waals surface area (Å²) < 4.78 is 8.48. The van der Waals surface area contributed by atoms with Gasteiger partial charge in [-0.3, -0.25) is 0 Å². The fourth-order valence-corrected chi connectivity index (χ4v) is 2.79. The molecule has 2 aromatic heterocycles. The lowest BCUT2D eigenvalue weighted by Gasteiger charge is -2.13. The van der Waals surface area contributed by atoms with Crippen LogP contribution in [0.2, 0.25) is 5.02 Å². The average molecular weight is 322 g/mol. The summed E-state index contributed by atoms with van der Waals surface area (Å²) in [6.07, 6.45) is 2.15. The van der Waals surface area contributed by atoms with E-state index in [4.69, 9.17) is 17.4 Å². The van der Waals surface area contributed by atoms with Crippen LogP contribution in [0.4, 0.5) is 17.3 Å². The summed E-state index contributed by atoms with van der Waals surface area (Å²) in [4.78, 5) is 8.36. The van der Waals surface area contributed by atoms with E-state index in [1.807, 2.05) is 13.0 Å². The van der Waals surface area contributed by atoms with E-state index in [0.29, 0.717) is 28.8 Å². The van der Waals surface area contributed by atoms with Crippen molar-refractivity contribution in [3.63, 3.8) is 0 Å². The molecular formula is C12H12ClN7S. The van der Waals surface area contributed by atoms with E-state index in [1.54, 1.807) is 6.07 Å². The second-order valence-corrected chi connectivity index (χ2v) is 5.16. The molecule has 9 heteroatoms. The molecule has 0 aliphatic carbocycles. The van der Waals surface area contributed by atoms with Crippen molar-refractivity contribution in [3.05, 3.63) is 29.0 Å². The molecule has 0 radical (unpaired) electrons. The first kappa shape index (κ1) is 13.9. The highest BCUT2D eigenvalue weighted by Crippen LogP contribution is 2.33. The average Bonchev–Trinajstić information content (AvgIpc) is 2.98. The van der Waals surface area contributed by atoms with E-state index in [0.717, 1.165) is 28.3 Å². The molecule has 0 bridgehead atoms. The lowest BCUT2D eigenvalue weighted by Crippen LogP contribution is -2.13. The first-order chi connectivity index (χ1) is 10.2. The third kappa shape index (κ3) is 2.48. The van der Waals surface area contributed by atoms with Crippen LogP contribution >= 0.6 is 23.3 Å². The first-order valence-corrected chi connectivity index (χ1v) is 7.33. The molecule has 0 saturated heterocycles. The summed E-state index contributed by atoms with van der Waals surface area (Å²) in [5.41, 5.74) is 5.63. The molecule has 3 rings (SSSR count). The summed E-state index contributed by atoms with van der Waals surface area (Å²) in [6.45, 7) is 2.00. The number of hydrazine groups is 1. The van der Waals surface area contributed by atoms with Crippen molar-refractivity contribution in [1.29, 1.82) is 0 Å². The Morgan fingerprint density at radius 2 is 2.05 bits per heavy atom. The van der Waals surface area contributed by atoms with Gasteiger partial charge in [-0.2, -0.15) is 8.75 Å². The van der Waals surface area contributed by atoms with Gasteiger partial charge in [-0.1, -0.05) is 18.5 Å². The number of halogens is 1. The Labute approximate surface area is 129 Å². The smallest absolute Gasteiger partial charge is 0.148 e. The molecule has 3 aromatic rings. The van der Waals surface area contributed by atoms with Gasteiger partial charge in [0.05, 0.1) is 22.4 Å². The van der Waals surface area contributed by atoms with Gasteiger partial charge in [0.1, 0.15) is 29.0 Å². The molecule has 21 heavy (non-hydrogen) atoms. The molecule has 0 saturated carbocycles. The van der Waals surface area contributed by atoms with Crippen molar-refractivity contribution in [2.75, 3.05) is 10.7 Å². The molecule has 2 heterocycles. The van der Waals surface area contributed by atoms with E-state index >= 15 is 0 Å². The van der Waals surface area contributed by atoms with E-state index in [-0.39, 0.29) is 0 Å². The number of aromatic nitrogens is 4. The van der Waals surface area contributed by atoms with Crippen molar-refractivity contribution in [2.24, 2.45) is 5.84 Å². The molecule has 0 atom stereocenters. The van der Waals surface area contributed by atoms with Crippen molar-refractivity contribution >= 4 is 51.7 Å². The minimum atomic E-state index is 0.554. The van der Waals surface area contributed by atoms with Crippen LogP contribution in [0.1, 0.15) is 12.5 Å². The summed E-state index contributed by atoms with van der Waals surface area (Å²) in [7, 11) is 0. The zero-order chi connectivity index (χ0) is 14.8. The van der Waals surface area contributed by atoms with Crippen LogP contribution in [-0.2, 0) is 6.42 Å². The third-order valence-corrected chi connectivity index (χ3v) is 3.91. The van der Waals surface area contributed by atoms with Crippen molar-refractivity contribution < 1.29 is 0 Å². The van der Waals surface area contributed by atoms with Gasteiger partial charge < -0.3 is 10.7 Å². The van der Waals surface area contributed by atoms with Crippen LogP contribution in [0.25, 0.3) is 11.0 Å². The van der Waals surface area contributed by atoms with E-state index in [9.17, 15) is 0 Å². The van der Waals surface area contributed by atoms with Gasteiger partial charge in [0.2, 0.25) is 0 Å². The Kier molecular flexibility index (Phi) is 3.82. The molecule has 0 fully saturated rings. The zero-order valence-electron chi connectivity index (χ0n) is 11.1. The topological polar surface area (TPSA) is 102 Å². The number of anilines is 3. The summed E-state index contributed by atoms with van der Waals surface area (Å²) in [5, 5.41) is 3.77. The summed E-state index contributed by atoms with van der Waals surface area (Å²) >= 11 is 7.41. The van der Waals surface area contributed by atoms with Gasteiger partial charge in [0.15, 0.2) is 0 Å². The second-order valence-electron chi connectivity index (χ2n) is 4.23. The summed E-state index contributed by atoms with van der Waals surface area (Å²) in [6, 6.07) is 3.61. The number of hydrogen-bond acceptors (Lipinski definition) is 8. The van der Waals surface area contributed by atoms with E-state index in [1.165, 1.54) is 6.33 Å². The quantitative estimate of drug-likeness (QED) is 0.501. The maximum Gasteiger partial charge on any atom is 0.148 e. The predicted molar refractivity (Wildman–Crippen MR) is 84.9 cm³/mol. The molecule has 0 unspecified atom stereocenters. The normalized spacial score (nSPS) is 10.8. The monoisotopic (exact) mass is 321 g/mol. The number of nitrogens with two attached hydrogens (primary N) is 1. The first-order valence-electron chi connectivity index (χ1n) is 6.22. The van der Waals surface area contributed by atoms with Gasteiger partial charge >= 0.3 is 0 Å². The Hall–Kier alpha value is -2.03. The standard InChI is InChI=1S/C12H12ClN7S/c1-2-6-11(15-5-16-12(6)18-14)17-9-7(13)3-4-8-10(9)20-21-19-8/h3-5H,2,14H2,1H3,(H2,15,16,17,18). The number of nitrogens with one attached hydrogen (secondary N) is 2. The molecule has 108 valence electrons. The lowest BCUT2D eigenvalue weighted by molar-refractivity contribution is 1.04. The number of nitrogens with zero attached hydrogens (tertiary/aromatic N) is 4. The number of fused-ring (bicyclic) bond motifs is 1. The Morgan fingerprint density at radius 1 is 1.24 bits per heavy atom. The van der Waals surface area contributed by atoms with Gasteiger partial charge in [-0.15, -0.1) is 0 Å². The van der Waals surface area contributed by atoms with Gasteiger partial charge in [-0.05, 0) is 18.6 Å². The van der Waals surface area contributed by atoms with Gasteiger partial charge in [0.25, 0.3) is 0 Å². The maximum absolute atomic E-state index is 6.27. The van der Waals surface area contributed by atoms with Crippen molar-refractivity contribution in [3.8, 4) is 0 Å². The number of nitrogen functional groups attached to an aromatic ring is 1. The number of hydrogen-bond donors (Lipinski definition) is 3. The highest BCUT2D eigenvalue weighted by molar-refractivity contribution is 7.00. The largest absolute Gasteiger partial charge is 0.337 e. The van der Waals surface area contributed by atoms with E-state index < -0.39 is 0 Å². The lowest BCUT2D eigenvalue weighted by atomic mass is 10.2. The van der Waals surface area contributed by atoms with Crippen LogP contribution in [0, 0.1) is 0 Å². The fourth-order valence-electron chi connectivity index (χ4n) is 2.04. The van der Waals surface area contributed by atoms with Crippen LogP contribution < -0.4 is 16.6 Å². The van der Waals surface area contributed by atoms with E-state index in [2.05, 4.69) is 29.5 Å². The minimum Gasteiger partial charge on any atom is -0.337 e. The Bertz CT molecular complexity index is 788.